The van der Waals surface area contributed by atoms with Crippen LogP contribution in [0, 0.1) is 5.92 Å². The molecule has 1 fully saturated rings. The predicted molar refractivity (Wildman–Crippen MR) is 95.2 cm³/mol. The minimum absolute atomic E-state index is 0.0913. The molecule has 0 unspecified atom stereocenters. The number of rotatable bonds is 3. The zero-order valence-electron chi connectivity index (χ0n) is 15.0. The van der Waals surface area contributed by atoms with Gasteiger partial charge in [0.25, 0.3) is 11.8 Å². The van der Waals surface area contributed by atoms with Gasteiger partial charge >= 0.3 is 0 Å². The Kier molecular flexibility index (Phi) is 5.21. The second-order valence-electron chi connectivity index (χ2n) is 7.31. The summed E-state index contributed by atoms with van der Waals surface area (Å²) in [6.45, 7) is 5.22. The maximum absolute atomic E-state index is 13.2. The number of benzene rings is 1. The van der Waals surface area contributed by atoms with E-state index in [1.165, 1.54) is 11.3 Å². The fraction of sp³-hybridized carbons (Fsp3) is 0.550. The van der Waals surface area contributed by atoms with Crippen LogP contribution in [-0.4, -0.2) is 46.7 Å². The first-order chi connectivity index (χ1) is 12.0. The lowest BCUT2D eigenvalue weighted by molar-refractivity contribution is -0.137. The molecule has 2 aliphatic rings. The van der Waals surface area contributed by atoms with E-state index in [-0.39, 0.29) is 23.6 Å². The summed E-state index contributed by atoms with van der Waals surface area (Å²) >= 11 is 0. The van der Waals surface area contributed by atoms with Crippen LogP contribution in [0.5, 0.6) is 0 Å². The molecule has 0 aromatic heterocycles. The zero-order valence-corrected chi connectivity index (χ0v) is 15.0. The third-order valence-electron chi connectivity index (χ3n) is 5.16. The Morgan fingerprint density at radius 2 is 1.36 bits per heavy atom. The molecular formula is C20H26N2O3. The number of amides is 3. The Morgan fingerprint density at radius 3 is 1.84 bits per heavy atom. The molecule has 1 aromatic rings. The first kappa shape index (κ1) is 17.6. The van der Waals surface area contributed by atoms with Gasteiger partial charge in [-0.15, -0.1) is 0 Å². The maximum atomic E-state index is 13.2. The molecular weight excluding hydrogens is 316 g/mol. The van der Waals surface area contributed by atoms with Crippen LogP contribution in [0.2, 0.25) is 0 Å². The van der Waals surface area contributed by atoms with E-state index >= 15 is 0 Å². The first-order valence-corrected chi connectivity index (χ1v) is 9.28. The third-order valence-corrected chi connectivity index (χ3v) is 5.16. The summed E-state index contributed by atoms with van der Waals surface area (Å²) in [5.41, 5.74) is 0.803. The highest BCUT2D eigenvalue weighted by molar-refractivity contribution is 6.22. The van der Waals surface area contributed by atoms with Crippen molar-refractivity contribution in [3.63, 3.8) is 0 Å². The van der Waals surface area contributed by atoms with Gasteiger partial charge in [-0.2, -0.15) is 0 Å². The molecule has 0 aliphatic carbocycles. The normalized spacial score (nSPS) is 19.6. The van der Waals surface area contributed by atoms with E-state index in [2.05, 4.69) is 0 Å². The molecule has 0 bridgehead atoms. The quantitative estimate of drug-likeness (QED) is 0.793. The van der Waals surface area contributed by atoms with Gasteiger partial charge in [-0.3, -0.25) is 19.3 Å². The Hall–Kier alpha value is -2.17. The fourth-order valence-electron chi connectivity index (χ4n) is 3.81. The van der Waals surface area contributed by atoms with Crippen LogP contribution in [0.15, 0.2) is 24.3 Å². The molecule has 1 aromatic carbocycles. The summed E-state index contributed by atoms with van der Waals surface area (Å²) in [4.78, 5) is 41.9. The fourth-order valence-corrected chi connectivity index (χ4v) is 3.81. The Bertz CT molecular complexity index is 640. The molecule has 0 spiro atoms. The topological polar surface area (TPSA) is 57.7 Å². The second-order valence-corrected chi connectivity index (χ2v) is 7.31. The molecule has 2 heterocycles. The molecule has 134 valence electrons. The number of carbonyl (C=O) groups is 3. The summed E-state index contributed by atoms with van der Waals surface area (Å²) in [6.07, 6.45) is 5.44. The van der Waals surface area contributed by atoms with Crippen molar-refractivity contribution in [3.05, 3.63) is 35.4 Å². The van der Waals surface area contributed by atoms with Gasteiger partial charge in [-0.05, 0) is 30.9 Å². The average molecular weight is 342 g/mol. The van der Waals surface area contributed by atoms with Crippen LogP contribution in [0.25, 0.3) is 0 Å². The number of hydrogen-bond acceptors (Lipinski definition) is 3. The third kappa shape index (κ3) is 3.32. The highest BCUT2D eigenvalue weighted by Gasteiger charge is 2.44. The van der Waals surface area contributed by atoms with Crippen LogP contribution < -0.4 is 0 Å². The average Bonchev–Trinajstić information content (AvgIpc) is 2.80. The number of likely N-dealkylation sites (tertiary alicyclic amines) is 1. The van der Waals surface area contributed by atoms with Crippen molar-refractivity contribution in [2.45, 2.75) is 52.0 Å². The monoisotopic (exact) mass is 342 g/mol. The predicted octanol–water partition coefficient (Wildman–Crippen LogP) is 3.10. The largest absolute Gasteiger partial charge is 0.341 e. The van der Waals surface area contributed by atoms with E-state index in [9.17, 15) is 14.4 Å². The molecule has 2 aliphatic heterocycles. The lowest BCUT2D eigenvalue weighted by atomic mass is 9.99. The smallest absolute Gasteiger partial charge is 0.262 e. The van der Waals surface area contributed by atoms with Crippen LogP contribution in [0.1, 0.15) is 66.7 Å². The van der Waals surface area contributed by atoms with E-state index in [4.69, 9.17) is 0 Å². The van der Waals surface area contributed by atoms with Crippen molar-refractivity contribution in [1.82, 2.24) is 9.80 Å². The van der Waals surface area contributed by atoms with E-state index in [1.54, 1.807) is 24.3 Å². The van der Waals surface area contributed by atoms with Gasteiger partial charge in [0, 0.05) is 13.1 Å². The van der Waals surface area contributed by atoms with Crippen molar-refractivity contribution in [2.24, 2.45) is 5.92 Å². The van der Waals surface area contributed by atoms with E-state index < -0.39 is 6.04 Å². The van der Waals surface area contributed by atoms with Crippen LogP contribution in [-0.2, 0) is 4.79 Å². The Labute approximate surface area is 149 Å². The minimum Gasteiger partial charge on any atom is -0.341 e. The summed E-state index contributed by atoms with van der Waals surface area (Å²) in [5.74, 6) is -0.911. The van der Waals surface area contributed by atoms with Crippen molar-refractivity contribution in [2.75, 3.05) is 13.1 Å². The molecule has 5 heteroatoms. The summed E-state index contributed by atoms with van der Waals surface area (Å²) in [5, 5.41) is 0. The van der Waals surface area contributed by atoms with Crippen molar-refractivity contribution >= 4 is 17.7 Å². The van der Waals surface area contributed by atoms with Gasteiger partial charge in [0.05, 0.1) is 11.1 Å². The second kappa shape index (κ2) is 7.38. The molecule has 0 radical (unpaired) electrons. The summed E-state index contributed by atoms with van der Waals surface area (Å²) in [6, 6.07) is 6.09. The first-order valence-electron chi connectivity index (χ1n) is 9.28. The van der Waals surface area contributed by atoms with E-state index in [1.807, 2.05) is 18.7 Å². The molecule has 0 N–H and O–H groups in total. The molecule has 25 heavy (non-hydrogen) atoms. The molecule has 1 atom stereocenters. The number of imide groups is 1. The number of nitrogens with zero attached hydrogens (tertiary/aromatic N) is 2. The van der Waals surface area contributed by atoms with E-state index in [0.29, 0.717) is 24.2 Å². The minimum atomic E-state index is -0.730. The number of fused-ring (bicyclic) bond motifs is 1. The van der Waals surface area contributed by atoms with Crippen LogP contribution >= 0.6 is 0 Å². The maximum Gasteiger partial charge on any atom is 0.262 e. The number of carbonyl (C=O) groups excluding carboxylic acids is 3. The molecule has 3 amide bonds. The highest BCUT2D eigenvalue weighted by Crippen LogP contribution is 2.28. The molecule has 0 saturated carbocycles. The Balaban J connectivity index is 1.87. The van der Waals surface area contributed by atoms with Gasteiger partial charge in [-0.1, -0.05) is 45.2 Å². The highest BCUT2D eigenvalue weighted by atomic mass is 16.2. The van der Waals surface area contributed by atoms with Crippen molar-refractivity contribution in [1.29, 1.82) is 0 Å². The SMILES string of the molecule is CC(C)[C@@H](C(=O)N1CCCCCCC1)N1C(=O)c2ccccc2C1=O. The Morgan fingerprint density at radius 1 is 0.880 bits per heavy atom. The van der Waals surface area contributed by atoms with Gasteiger partial charge < -0.3 is 4.90 Å². The van der Waals surface area contributed by atoms with Gasteiger partial charge in [-0.25, -0.2) is 0 Å². The zero-order chi connectivity index (χ0) is 18.0. The van der Waals surface area contributed by atoms with Crippen molar-refractivity contribution < 1.29 is 14.4 Å². The molecule has 5 nitrogen and oxygen atoms in total. The summed E-state index contributed by atoms with van der Waals surface area (Å²) < 4.78 is 0. The standard InChI is InChI=1S/C20H26N2O3/c1-14(2)17(20(25)21-12-8-4-3-5-9-13-21)22-18(23)15-10-6-7-11-16(15)19(22)24/h6-7,10-11,14,17H,3-5,8-9,12-13H2,1-2H3/t17-/m0/s1. The molecule has 3 rings (SSSR count). The van der Waals surface area contributed by atoms with E-state index in [0.717, 1.165) is 25.7 Å². The number of hydrogen-bond donors (Lipinski definition) is 0. The van der Waals surface area contributed by atoms with Gasteiger partial charge in [0.15, 0.2) is 0 Å². The van der Waals surface area contributed by atoms with Crippen molar-refractivity contribution in [3.8, 4) is 0 Å². The van der Waals surface area contributed by atoms with Crippen LogP contribution in [0.3, 0.4) is 0 Å². The molecule has 1 saturated heterocycles. The lowest BCUT2D eigenvalue weighted by Gasteiger charge is -2.34. The van der Waals surface area contributed by atoms with Crippen LogP contribution in [0.4, 0.5) is 0 Å². The summed E-state index contributed by atoms with van der Waals surface area (Å²) in [7, 11) is 0. The van der Waals surface area contributed by atoms with Gasteiger partial charge in [0.1, 0.15) is 6.04 Å². The lowest BCUT2D eigenvalue weighted by Crippen LogP contribution is -2.54. The van der Waals surface area contributed by atoms with Gasteiger partial charge in [0.2, 0.25) is 5.91 Å².